The van der Waals surface area contributed by atoms with Crippen molar-refractivity contribution < 1.29 is 119 Å². The monoisotopic (exact) mass is 2170 g/mol. The summed E-state index contributed by atoms with van der Waals surface area (Å²) in [4.78, 5) is 59.5. The second kappa shape index (κ2) is 47.7. The molecule has 0 radical (unpaired) electrons. The van der Waals surface area contributed by atoms with E-state index in [1.165, 1.54) is 71.6 Å². The van der Waals surface area contributed by atoms with Crippen LogP contribution in [-0.2, 0) is 62.5 Å². The second-order valence-electron chi connectivity index (χ2n) is 36.2. The van der Waals surface area contributed by atoms with Gasteiger partial charge in [0.2, 0.25) is 0 Å². The summed E-state index contributed by atoms with van der Waals surface area (Å²) in [5.41, 5.74) is 3.42. The average molecular weight is 2170 g/mol. The van der Waals surface area contributed by atoms with E-state index in [-0.39, 0.29) is 120 Å². The zero-order valence-corrected chi connectivity index (χ0v) is 86.8. The molecule has 0 fully saturated rings. The van der Waals surface area contributed by atoms with Gasteiger partial charge in [0, 0.05) is 107 Å². The van der Waals surface area contributed by atoms with Crippen molar-refractivity contribution in [1.29, 1.82) is 0 Å². The lowest BCUT2D eigenvalue weighted by molar-refractivity contribution is -0.149. The van der Waals surface area contributed by atoms with Crippen LogP contribution in [0.3, 0.4) is 0 Å². The topological polar surface area (TPSA) is 237 Å². The minimum atomic E-state index is -3.31. The highest BCUT2D eigenvalue weighted by molar-refractivity contribution is 8.16. The summed E-state index contributed by atoms with van der Waals surface area (Å²) in [6.45, 7) is 11.8. The molecule has 0 aliphatic carbocycles. The number of alkyl halides is 3. The summed E-state index contributed by atoms with van der Waals surface area (Å²) in [7, 11) is 4.33. The molecule has 10 aromatic rings. The normalized spacial score (nSPS) is 22.9. The summed E-state index contributed by atoms with van der Waals surface area (Å²) in [5.74, 6) is -7.49. The van der Waals surface area contributed by atoms with Crippen LogP contribution in [0.2, 0.25) is 0 Å². The third-order valence-electron chi connectivity index (χ3n) is 26.8. The van der Waals surface area contributed by atoms with E-state index in [4.69, 9.17) is 37.9 Å². The summed E-state index contributed by atoms with van der Waals surface area (Å²) >= 11 is 5.97. The number of methoxy groups -OCH3 is 3. The summed E-state index contributed by atoms with van der Waals surface area (Å²) in [5, 5.41) is 28.9. The van der Waals surface area contributed by atoms with E-state index < -0.39 is 114 Å². The Labute approximate surface area is 878 Å². The molecular formula is C109H105F13N10O13S5. The van der Waals surface area contributed by atoms with Crippen molar-refractivity contribution >= 4 is 114 Å². The van der Waals surface area contributed by atoms with Crippen LogP contribution >= 0.6 is 58.8 Å². The molecule has 41 heteroatoms. The van der Waals surface area contributed by atoms with Crippen molar-refractivity contribution in [2.45, 2.75) is 143 Å². The molecule has 0 saturated carbocycles. The smallest absolute Gasteiger partial charge is 0.317 e. The number of carbonyl (C=O) groups is 5. The second-order valence-corrected chi connectivity index (χ2v) is 42.3. The lowest BCUT2D eigenvalue weighted by atomic mass is 9.86. The van der Waals surface area contributed by atoms with Crippen LogP contribution in [0, 0.1) is 87.8 Å². The first kappa shape index (κ1) is 110. The Balaban J connectivity index is 0.000000133. The molecule has 11 atom stereocenters. The summed E-state index contributed by atoms with van der Waals surface area (Å²) in [6, 6.07) is 52.1. The summed E-state index contributed by atoms with van der Waals surface area (Å²) < 4.78 is 228. The maximum atomic E-state index is 14.7. The van der Waals surface area contributed by atoms with Crippen molar-refractivity contribution in [3.05, 3.63) is 326 Å². The highest BCUT2D eigenvalue weighted by atomic mass is 32.2. The molecule has 0 bridgehead atoms. The van der Waals surface area contributed by atoms with Gasteiger partial charge in [-0.25, -0.2) is 73.3 Å². The quantitative estimate of drug-likeness (QED) is 0.0541. The van der Waals surface area contributed by atoms with Crippen LogP contribution in [-0.4, -0.2) is 167 Å². The van der Waals surface area contributed by atoms with E-state index in [1.807, 2.05) is 98.8 Å². The zero-order valence-electron chi connectivity index (χ0n) is 82.7. The van der Waals surface area contributed by atoms with Crippen LogP contribution < -0.4 is 23.7 Å². The van der Waals surface area contributed by atoms with Gasteiger partial charge in [-0.2, -0.15) is 34.3 Å². The molecule has 10 aliphatic rings. The van der Waals surface area contributed by atoms with Crippen molar-refractivity contribution in [2.24, 2.45) is 55.1 Å². The minimum absolute atomic E-state index is 0.0289. The Bertz CT molecular complexity index is 6730. The number of hydrogen-bond donors (Lipinski definition) is 0. The van der Waals surface area contributed by atoms with Crippen molar-refractivity contribution in [3.8, 4) is 28.7 Å². The molecule has 0 saturated heterocycles. The lowest BCUT2D eigenvalue weighted by Crippen LogP contribution is -2.53. The molecular weight excluding hydrogens is 2060 g/mol. The maximum Gasteiger partial charge on any atom is 0.317 e. The Hall–Kier alpha value is -12.4. The van der Waals surface area contributed by atoms with Gasteiger partial charge < -0.3 is 37.9 Å². The number of benzene rings is 10. The van der Waals surface area contributed by atoms with Gasteiger partial charge in [-0.05, 0) is 160 Å². The molecule has 10 heterocycles. The first-order valence-corrected chi connectivity index (χ1v) is 52.7. The SMILES string of the molecule is CCC[C@@H]1COc2ccccc2[C@@]12SC(c1cc(F)ccc1F)=NN2C(=O)CF.CCC[C@@H]1COc2ccccc2[C@@]12SC(c1cc(F)ccc1F)=NN2C(=O)COC.CCC[C@H]1COc2ccccc2[C@]12SC(c1cc(F)ccc1F)=NN2C(=O)C(F)F.CCC[C@H]1COc2ccccc2[C@]12SC(c1cc(F)ccc1F)=NN2C(=O)COC.CCC[C@H]1COc2ccccc2[C@]12SC(c1cc(F)ccc1F)=NN2C(=O)[C@H](C)OC. The Morgan fingerprint density at radius 1 is 0.327 bits per heavy atom. The van der Waals surface area contributed by atoms with E-state index in [0.717, 1.165) is 186 Å². The first-order chi connectivity index (χ1) is 72.3. The fraction of sp³-hybridized carbons (Fsp3) is 0.358. The van der Waals surface area contributed by atoms with Gasteiger partial charge in [0.25, 0.3) is 23.6 Å². The number of nitrogens with zero attached hydrogens (tertiary/aromatic N) is 10. The predicted molar refractivity (Wildman–Crippen MR) is 549 cm³/mol. The molecule has 150 heavy (non-hydrogen) atoms. The van der Waals surface area contributed by atoms with Crippen LogP contribution in [0.15, 0.2) is 238 Å². The molecule has 0 aromatic heterocycles. The number of ether oxygens (including phenoxy) is 8. The molecule has 0 N–H and O–H groups in total. The number of hydrazone groups is 5. The van der Waals surface area contributed by atoms with Gasteiger partial charge >= 0.3 is 12.3 Å². The van der Waals surface area contributed by atoms with Gasteiger partial charge in [-0.1, -0.05) is 217 Å². The van der Waals surface area contributed by atoms with Gasteiger partial charge in [0.1, 0.15) is 131 Å². The molecule has 10 aliphatic heterocycles. The Kier molecular flexibility index (Phi) is 35.0. The number of hydrogen-bond acceptors (Lipinski definition) is 23. The maximum absolute atomic E-state index is 14.7. The van der Waals surface area contributed by atoms with Crippen LogP contribution in [0.5, 0.6) is 28.7 Å². The van der Waals surface area contributed by atoms with E-state index in [1.54, 1.807) is 43.3 Å². The molecule has 0 unspecified atom stereocenters. The Morgan fingerprint density at radius 3 is 0.753 bits per heavy atom. The van der Waals surface area contributed by atoms with E-state index in [2.05, 4.69) is 46.3 Å². The number of thioether (sulfide) groups is 5. The average Bonchev–Trinajstić information content (AvgIpc) is 1.58. The molecule has 5 spiro atoms. The highest BCUT2D eigenvalue weighted by Crippen LogP contribution is 2.65. The number of para-hydroxylation sites is 5. The van der Waals surface area contributed by atoms with Gasteiger partial charge in [0.15, 0.2) is 31.0 Å². The number of rotatable bonds is 23. The standard InChI is InChI=1S/C23H24F2N2O3S.2C22H22F2N2O3S.C21H18F4N2O2S.C21H19F3N2O2S/c1-4-7-15-13-30-20-9-6-5-8-18(20)23(15)27(22(28)14(2)29-3)26-21(31-23)17-12-16(24)10-11-19(17)25;2*1-3-6-14-12-29-19-8-5-4-7-17(19)22(14)26(20(27)13-28-2)25-21(30-22)16-11-15(23)9-10-18(16)24;1-2-5-12-11-29-17-7-4-3-6-15(17)21(12)27(20(28)18(24)25)26-19(30-21)14-10-13(22)8-9-16(14)23;1-2-5-13-12-28-18-7-4-3-6-16(18)21(13)26(19(27)11-22)25-20(29-21)15-10-14(23)8-9-17(15)24/h5-6,8-12,14-15H,4,7,13H2,1-3H3;2*4-5,7-11,14H,3,6,12-13H2,1-2H3;3-4,6-10,12,18H,2,5,11H2,1H3;3-4,6-10,13H,2,5,11-12H2,1H3/t14-,15-,23+;2*14-,22+;12-,21+;13-,21+/m01001/s1. The molecule has 10 aromatic carbocycles. The first-order valence-electron chi connectivity index (χ1n) is 48.6. The largest absolute Gasteiger partial charge is 0.493 e. The third kappa shape index (κ3) is 21.2. The van der Waals surface area contributed by atoms with Crippen molar-refractivity contribution in [3.63, 3.8) is 0 Å². The van der Waals surface area contributed by atoms with Crippen LogP contribution in [0.4, 0.5) is 57.1 Å². The van der Waals surface area contributed by atoms with Gasteiger partial charge in [-0.15, -0.1) is 0 Å². The van der Waals surface area contributed by atoms with Crippen LogP contribution in [0.1, 0.15) is 161 Å². The molecule has 23 nitrogen and oxygen atoms in total. The minimum Gasteiger partial charge on any atom is -0.493 e. The molecule has 20 rings (SSSR count). The van der Waals surface area contributed by atoms with Gasteiger partial charge in [-0.3, -0.25) is 24.0 Å². The Morgan fingerprint density at radius 2 is 0.540 bits per heavy atom. The van der Waals surface area contributed by atoms with E-state index in [9.17, 15) is 81.0 Å². The van der Waals surface area contributed by atoms with Crippen molar-refractivity contribution in [2.75, 3.05) is 74.3 Å². The lowest BCUT2D eigenvalue weighted by Gasteiger charge is -2.45. The zero-order chi connectivity index (χ0) is 107. The summed E-state index contributed by atoms with van der Waals surface area (Å²) in [6.07, 6.45) is 3.61. The number of amides is 5. The third-order valence-corrected chi connectivity index (χ3v) is 34.4. The number of carbonyl (C=O) groups excluding carboxylic acids is 5. The highest BCUT2D eigenvalue weighted by Gasteiger charge is 2.64. The molecule has 5 amide bonds. The van der Waals surface area contributed by atoms with E-state index >= 15 is 0 Å². The van der Waals surface area contributed by atoms with Gasteiger partial charge in [0.05, 0.1) is 33.0 Å². The fourth-order valence-electron chi connectivity index (χ4n) is 20.0. The van der Waals surface area contributed by atoms with E-state index in [0.29, 0.717) is 85.6 Å². The van der Waals surface area contributed by atoms with Crippen molar-refractivity contribution in [1.82, 2.24) is 25.0 Å². The molecule has 790 valence electrons. The van der Waals surface area contributed by atoms with Crippen LogP contribution in [0.25, 0.3) is 0 Å². The fourth-order valence-corrected chi connectivity index (χ4v) is 27.7. The number of fused-ring (bicyclic) bond motifs is 10. The number of halogens is 13. The predicted octanol–water partition coefficient (Wildman–Crippen LogP) is 23.9.